The van der Waals surface area contributed by atoms with Crippen molar-refractivity contribution >= 4 is 5.91 Å². The van der Waals surface area contributed by atoms with Crippen LogP contribution in [0.25, 0.3) is 0 Å². The van der Waals surface area contributed by atoms with Crippen molar-refractivity contribution in [1.82, 2.24) is 4.90 Å². The Kier molecular flexibility index (Phi) is 2.97. The molecule has 0 saturated heterocycles. The van der Waals surface area contributed by atoms with Gasteiger partial charge in [-0.1, -0.05) is 18.2 Å². The number of rotatable bonds is 1. The molecule has 0 spiro atoms. The van der Waals surface area contributed by atoms with Gasteiger partial charge in [0.2, 0.25) is 5.91 Å². The van der Waals surface area contributed by atoms with Gasteiger partial charge in [-0.05, 0) is 30.0 Å². The molecule has 3 heteroatoms. The van der Waals surface area contributed by atoms with Gasteiger partial charge in [0.25, 0.3) is 0 Å². The molecule has 2 rings (SSSR count). The van der Waals surface area contributed by atoms with Gasteiger partial charge in [-0.2, -0.15) is 0 Å². The van der Waals surface area contributed by atoms with Crippen LogP contribution in [-0.4, -0.2) is 22.5 Å². The number of nitrogens with zero attached hydrogens (tertiary/aromatic N) is 1. The molecule has 1 aliphatic heterocycles. The summed E-state index contributed by atoms with van der Waals surface area (Å²) in [5.74, 6) is 0.118. The smallest absolute Gasteiger partial charge is 0.219 e. The van der Waals surface area contributed by atoms with E-state index in [-0.39, 0.29) is 18.6 Å². The molecule has 0 aromatic heterocycles. The molecule has 16 heavy (non-hydrogen) atoms. The lowest BCUT2D eigenvalue weighted by Gasteiger charge is -2.35. The van der Waals surface area contributed by atoms with Gasteiger partial charge < -0.3 is 10.0 Å². The van der Waals surface area contributed by atoms with E-state index in [0.29, 0.717) is 0 Å². The maximum atomic E-state index is 11.5. The topological polar surface area (TPSA) is 40.5 Å². The molecule has 1 heterocycles. The highest BCUT2D eigenvalue weighted by atomic mass is 16.3. The standard InChI is InChI=1S/C13H17NO2/c1-9-12-5-3-4-11(8-15)13(12)6-7-14(9)10(2)16/h3-5,9,15H,6-8H2,1-2H3/t9-/m1/s1. The fraction of sp³-hybridized carbons (Fsp3) is 0.462. The summed E-state index contributed by atoms with van der Waals surface area (Å²) in [6.07, 6.45) is 0.843. The zero-order valence-electron chi connectivity index (χ0n) is 9.73. The molecule has 1 amide bonds. The minimum Gasteiger partial charge on any atom is -0.392 e. The Morgan fingerprint density at radius 3 is 2.94 bits per heavy atom. The maximum absolute atomic E-state index is 11.5. The maximum Gasteiger partial charge on any atom is 0.219 e. The SMILES string of the molecule is CC(=O)N1CCc2c(CO)cccc2[C@H]1C. The lowest BCUT2D eigenvalue weighted by atomic mass is 9.90. The van der Waals surface area contributed by atoms with Gasteiger partial charge in [0, 0.05) is 13.5 Å². The van der Waals surface area contributed by atoms with Crippen molar-refractivity contribution in [1.29, 1.82) is 0 Å². The number of benzene rings is 1. The number of aliphatic hydroxyl groups is 1. The Morgan fingerprint density at radius 1 is 1.56 bits per heavy atom. The van der Waals surface area contributed by atoms with Crippen molar-refractivity contribution < 1.29 is 9.90 Å². The fourth-order valence-electron chi connectivity index (χ4n) is 2.52. The first-order valence-electron chi connectivity index (χ1n) is 5.64. The number of hydrogen-bond acceptors (Lipinski definition) is 2. The first-order valence-corrected chi connectivity index (χ1v) is 5.64. The number of aliphatic hydroxyl groups excluding tert-OH is 1. The predicted molar refractivity (Wildman–Crippen MR) is 61.9 cm³/mol. The Bertz CT molecular complexity index is 414. The van der Waals surface area contributed by atoms with E-state index >= 15 is 0 Å². The Morgan fingerprint density at radius 2 is 2.31 bits per heavy atom. The van der Waals surface area contributed by atoms with Crippen LogP contribution in [0.1, 0.15) is 36.6 Å². The Balaban J connectivity index is 2.42. The number of hydrogen-bond donors (Lipinski definition) is 1. The van der Waals surface area contributed by atoms with Crippen LogP contribution in [0.5, 0.6) is 0 Å². The lowest BCUT2D eigenvalue weighted by Crippen LogP contribution is -2.37. The quantitative estimate of drug-likeness (QED) is 0.780. The molecule has 86 valence electrons. The molecule has 1 N–H and O–H groups in total. The largest absolute Gasteiger partial charge is 0.392 e. The number of carbonyl (C=O) groups is 1. The van der Waals surface area contributed by atoms with Crippen molar-refractivity contribution in [2.24, 2.45) is 0 Å². The summed E-state index contributed by atoms with van der Waals surface area (Å²) in [6.45, 7) is 4.48. The average molecular weight is 219 g/mol. The van der Waals surface area contributed by atoms with Crippen LogP contribution in [0.3, 0.4) is 0 Å². The molecule has 1 aromatic carbocycles. The van der Waals surface area contributed by atoms with E-state index in [1.807, 2.05) is 30.0 Å². The highest BCUT2D eigenvalue weighted by Gasteiger charge is 2.26. The molecule has 0 aliphatic carbocycles. The summed E-state index contributed by atoms with van der Waals surface area (Å²) in [6, 6.07) is 6.07. The fourth-order valence-corrected chi connectivity index (χ4v) is 2.52. The molecule has 1 aromatic rings. The van der Waals surface area contributed by atoms with E-state index in [4.69, 9.17) is 0 Å². The zero-order valence-corrected chi connectivity index (χ0v) is 9.73. The molecule has 1 atom stereocenters. The third-order valence-corrected chi connectivity index (χ3v) is 3.40. The third kappa shape index (κ3) is 1.71. The van der Waals surface area contributed by atoms with Gasteiger partial charge in [0.15, 0.2) is 0 Å². The molecule has 0 radical (unpaired) electrons. The van der Waals surface area contributed by atoms with Crippen LogP contribution in [-0.2, 0) is 17.8 Å². The summed E-state index contributed by atoms with van der Waals surface area (Å²) < 4.78 is 0. The minimum atomic E-state index is 0.0793. The highest BCUT2D eigenvalue weighted by molar-refractivity contribution is 5.74. The van der Waals surface area contributed by atoms with Crippen molar-refractivity contribution in [2.75, 3.05) is 6.54 Å². The minimum absolute atomic E-state index is 0.0793. The first kappa shape index (κ1) is 11.1. The molecule has 3 nitrogen and oxygen atoms in total. The lowest BCUT2D eigenvalue weighted by molar-refractivity contribution is -0.131. The second-order valence-corrected chi connectivity index (χ2v) is 4.28. The van der Waals surface area contributed by atoms with E-state index in [0.717, 1.165) is 18.5 Å². The summed E-state index contributed by atoms with van der Waals surface area (Å²) in [5, 5.41) is 9.27. The normalized spacial score (nSPS) is 19.4. The van der Waals surface area contributed by atoms with Crippen molar-refractivity contribution in [3.05, 3.63) is 34.9 Å². The zero-order chi connectivity index (χ0) is 11.7. The van der Waals surface area contributed by atoms with Gasteiger partial charge in [0.05, 0.1) is 12.6 Å². The Labute approximate surface area is 95.7 Å². The predicted octanol–water partition coefficient (Wildman–Crippen LogP) is 1.64. The van der Waals surface area contributed by atoms with Crippen LogP contribution in [0, 0.1) is 0 Å². The summed E-state index contributed by atoms with van der Waals surface area (Å²) in [5.41, 5.74) is 3.38. The van der Waals surface area contributed by atoms with Crippen molar-refractivity contribution in [2.45, 2.75) is 32.9 Å². The van der Waals surface area contributed by atoms with Gasteiger partial charge in [-0.3, -0.25) is 4.79 Å². The molecule has 0 fully saturated rings. The number of amides is 1. The van der Waals surface area contributed by atoms with Gasteiger partial charge in [-0.15, -0.1) is 0 Å². The monoisotopic (exact) mass is 219 g/mol. The Hall–Kier alpha value is -1.35. The van der Waals surface area contributed by atoms with E-state index in [2.05, 4.69) is 0 Å². The van der Waals surface area contributed by atoms with Crippen molar-refractivity contribution in [3.8, 4) is 0 Å². The molecular formula is C13H17NO2. The van der Waals surface area contributed by atoms with Crippen LogP contribution < -0.4 is 0 Å². The van der Waals surface area contributed by atoms with Crippen LogP contribution in [0.2, 0.25) is 0 Å². The van der Waals surface area contributed by atoms with Gasteiger partial charge in [-0.25, -0.2) is 0 Å². The first-order chi connectivity index (χ1) is 7.65. The summed E-state index contributed by atoms with van der Waals surface area (Å²) in [4.78, 5) is 13.3. The second kappa shape index (κ2) is 4.26. The van der Waals surface area contributed by atoms with Crippen LogP contribution in [0.15, 0.2) is 18.2 Å². The molecular weight excluding hydrogens is 202 g/mol. The van der Waals surface area contributed by atoms with Gasteiger partial charge in [0.1, 0.15) is 0 Å². The molecule has 0 bridgehead atoms. The van der Waals surface area contributed by atoms with Gasteiger partial charge >= 0.3 is 0 Å². The number of fused-ring (bicyclic) bond motifs is 1. The summed E-state index contributed by atoms with van der Waals surface area (Å²) in [7, 11) is 0. The van der Waals surface area contributed by atoms with E-state index in [1.54, 1.807) is 6.92 Å². The van der Waals surface area contributed by atoms with E-state index in [9.17, 15) is 9.90 Å². The van der Waals surface area contributed by atoms with E-state index in [1.165, 1.54) is 11.1 Å². The van der Waals surface area contributed by atoms with E-state index < -0.39 is 0 Å². The van der Waals surface area contributed by atoms with Crippen LogP contribution in [0.4, 0.5) is 0 Å². The van der Waals surface area contributed by atoms with Crippen LogP contribution >= 0.6 is 0 Å². The van der Waals surface area contributed by atoms with Crippen molar-refractivity contribution in [3.63, 3.8) is 0 Å². The molecule has 0 unspecified atom stereocenters. The molecule has 0 saturated carbocycles. The molecule has 1 aliphatic rings. The number of carbonyl (C=O) groups excluding carboxylic acids is 1. The average Bonchev–Trinajstić information content (AvgIpc) is 2.28. The summed E-state index contributed by atoms with van der Waals surface area (Å²) >= 11 is 0. The second-order valence-electron chi connectivity index (χ2n) is 4.28. The third-order valence-electron chi connectivity index (χ3n) is 3.40. The highest BCUT2D eigenvalue weighted by Crippen LogP contribution is 2.31.